The quantitative estimate of drug-likeness (QED) is 0.664. The number of carbonyl (C=O) groups excluding carboxylic acids is 1. The SMILES string of the molecule is CCOC(=O)[C@H]1CCCN1[C@H](C)C1CC1. The van der Waals surface area contributed by atoms with E-state index in [-0.39, 0.29) is 12.0 Å². The van der Waals surface area contributed by atoms with E-state index in [2.05, 4.69) is 11.8 Å². The summed E-state index contributed by atoms with van der Waals surface area (Å²) in [5.41, 5.74) is 0. The van der Waals surface area contributed by atoms with Gasteiger partial charge >= 0.3 is 5.97 Å². The molecular formula is C12H21NO2. The topological polar surface area (TPSA) is 29.5 Å². The molecule has 2 fully saturated rings. The Morgan fingerprint density at radius 1 is 1.47 bits per heavy atom. The van der Waals surface area contributed by atoms with Gasteiger partial charge in [-0.25, -0.2) is 0 Å². The predicted octanol–water partition coefficient (Wildman–Crippen LogP) is 1.81. The molecule has 3 heteroatoms. The van der Waals surface area contributed by atoms with Gasteiger partial charge in [-0.2, -0.15) is 0 Å². The van der Waals surface area contributed by atoms with Crippen molar-refractivity contribution in [2.24, 2.45) is 5.92 Å². The van der Waals surface area contributed by atoms with Gasteiger partial charge in [0.15, 0.2) is 0 Å². The Morgan fingerprint density at radius 3 is 2.80 bits per heavy atom. The van der Waals surface area contributed by atoms with Crippen molar-refractivity contribution in [1.82, 2.24) is 4.90 Å². The van der Waals surface area contributed by atoms with Gasteiger partial charge in [-0.05, 0) is 52.0 Å². The molecule has 0 aromatic carbocycles. The van der Waals surface area contributed by atoms with Gasteiger partial charge in [0, 0.05) is 6.04 Å². The summed E-state index contributed by atoms with van der Waals surface area (Å²) in [5.74, 6) is 0.822. The van der Waals surface area contributed by atoms with Crippen LogP contribution in [0.2, 0.25) is 0 Å². The average Bonchev–Trinajstić information content (AvgIpc) is 2.94. The van der Waals surface area contributed by atoms with Gasteiger partial charge < -0.3 is 4.74 Å². The van der Waals surface area contributed by atoms with Crippen LogP contribution in [0.5, 0.6) is 0 Å². The van der Waals surface area contributed by atoms with Crippen molar-refractivity contribution in [3.05, 3.63) is 0 Å². The Bertz CT molecular complexity index is 238. The summed E-state index contributed by atoms with van der Waals surface area (Å²) in [7, 11) is 0. The fraction of sp³-hybridized carbons (Fsp3) is 0.917. The molecule has 0 bridgehead atoms. The van der Waals surface area contributed by atoms with Crippen molar-refractivity contribution in [2.45, 2.75) is 51.6 Å². The molecule has 0 N–H and O–H groups in total. The molecule has 1 aliphatic heterocycles. The molecule has 0 aromatic rings. The van der Waals surface area contributed by atoms with Gasteiger partial charge in [-0.3, -0.25) is 9.69 Å². The van der Waals surface area contributed by atoms with Crippen LogP contribution in [0, 0.1) is 5.92 Å². The van der Waals surface area contributed by atoms with Crippen LogP contribution in [0.25, 0.3) is 0 Å². The first-order chi connectivity index (χ1) is 7.24. The minimum atomic E-state index is -0.0116. The van der Waals surface area contributed by atoms with Gasteiger partial charge in [0.1, 0.15) is 6.04 Å². The molecule has 1 saturated heterocycles. The summed E-state index contributed by atoms with van der Waals surface area (Å²) in [5, 5.41) is 0. The molecule has 2 aliphatic rings. The van der Waals surface area contributed by atoms with Gasteiger partial charge in [0.25, 0.3) is 0 Å². The minimum Gasteiger partial charge on any atom is -0.465 e. The van der Waals surface area contributed by atoms with Crippen molar-refractivity contribution in [2.75, 3.05) is 13.2 Å². The normalized spacial score (nSPS) is 29.1. The largest absolute Gasteiger partial charge is 0.465 e. The van der Waals surface area contributed by atoms with Crippen LogP contribution < -0.4 is 0 Å². The van der Waals surface area contributed by atoms with Crippen LogP contribution in [-0.2, 0) is 9.53 Å². The highest BCUT2D eigenvalue weighted by molar-refractivity contribution is 5.76. The summed E-state index contributed by atoms with van der Waals surface area (Å²) in [6.45, 7) is 5.71. The first-order valence-electron chi connectivity index (χ1n) is 6.16. The zero-order valence-electron chi connectivity index (χ0n) is 9.74. The number of likely N-dealkylation sites (tertiary alicyclic amines) is 1. The monoisotopic (exact) mass is 211 g/mol. The predicted molar refractivity (Wildman–Crippen MR) is 58.5 cm³/mol. The maximum atomic E-state index is 11.7. The number of carbonyl (C=O) groups is 1. The highest BCUT2D eigenvalue weighted by Crippen LogP contribution is 2.37. The van der Waals surface area contributed by atoms with Crippen LogP contribution >= 0.6 is 0 Å². The summed E-state index contributed by atoms with van der Waals surface area (Å²) < 4.78 is 5.13. The second kappa shape index (κ2) is 4.52. The van der Waals surface area contributed by atoms with Crippen LogP contribution in [0.4, 0.5) is 0 Å². The molecule has 1 heterocycles. The summed E-state index contributed by atoms with van der Waals surface area (Å²) in [4.78, 5) is 14.1. The smallest absolute Gasteiger partial charge is 0.323 e. The number of esters is 1. The van der Waals surface area contributed by atoms with Gasteiger partial charge in [-0.15, -0.1) is 0 Å². The van der Waals surface area contributed by atoms with Crippen molar-refractivity contribution in [3.8, 4) is 0 Å². The van der Waals surface area contributed by atoms with Gasteiger partial charge in [-0.1, -0.05) is 0 Å². The van der Waals surface area contributed by atoms with E-state index in [1.807, 2.05) is 6.92 Å². The second-order valence-corrected chi connectivity index (χ2v) is 4.73. The highest BCUT2D eigenvalue weighted by atomic mass is 16.5. The fourth-order valence-electron chi connectivity index (χ4n) is 2.62. The lowest BCUT2D eigenvalue weighted by atomic mass is 10.1. The highest BCUT2D eigenvalue weighted by Gasteiger charge is 2.40. The Kier molecular flexibility index (Phi) is 3.29. The maximum Gasteiger partial charge on any atom is 0.323 e. The van der Waals surface area contributed by atoms with Crippen molar-refractivity contribution in [3.63, 3.8) is 0 Å². The molecule has 0 radical (unpaired) electrons. The number of nitrogens with zero attached hydrogens (tertiary/aromatic N) is 1. The first kappa shape index (κ1) is 10.9. The van der Waals surface area contributed by atoms with E-state index in [1.165, 1.54) is 12.8 Å². The molecule has 3 nitrogen and oxygen atoms in total. The molecule has 0 aromatic heterocycles. The van der Waals surface area contributed by atoms with E-state index in [0.717, 1.165) is 25.3 Å². The molecule has 0 amide bonds. The van der Waals surface area contributed by atoms with E-state index in [0.29, 0.717) is 12.6 Å². The molecule has 0 unspecified atom stereocenters. The zero-order valence-corrected chi connectivity index (χ0v) is 9.74. The average molecular weight is 211 g/mol. The lowest BCUT2D eigenvalue weighted by Gasteiger charge is -2.29. The third-order valence-corrected chi connectivity index (χ3v) is 3.68. The van der Waals surface area contributed by atoms with Crippen LogP contribution in [-0.4, -0.2) is 36.1 Å². The second-order valence-electron chi connectivity index (χ2n) is 4.73. The lowest BCUT2D eigenvalue weighted by molar-refractivity contribution is -0.149. The third kappa shape index (κ3) is 2.33. The van der Waals surface area contributed by atoms with Gasteiger partial charge in [0.05, 0.1) is 6.61 Å². The maximum absolute atomic E-state index is 11.7. The summed E-state index contributed by atoms with van der Waals surface area (Å²) in [6, 6.07) is 0.613. The van der Waals surface area contributed by atoms with E-state index in [4.69, 9.17) is 4.74 Å². The lowest BCUT2D eigenvalue weighted by Crippen LogP contribution is -2.43. The Balaban J connectivity index is 1.94. The molecule has 0 spiro atoms. The zero-order chi connectivity index (χ0) is 10.8. The van der Waals surface area contributed by atoms with E-state index >= 15 is 0 Å². The standard InChI is InChI=1S/C12H21NO2/c1-3-15-12(14)11-5-4-8-13(11)9(2)10-6-7-10/h9-11H,3-8H2,1-2H3/t9-,11-/m1/s1. The Labute approximate surface area is 91.8 Å². The minimum absolute atomic E-state index is 0.0116. The van der Waals surface area contributed by atoms with E-state index < -0.39 is 0 Å². The van der Waals surface area contributed by atoms with Crippen molar-refractivity contribution in [1.29, 1.82) is 0 Å². The van der Waals surface area contributed by atoms with Gasteiger partial charge in [0.2, 0.25) is 0 Å². The first-order valence-corrected chi connectivity index (χ1v) is 6.16. The molecular weight excluding hydrogens is 190 g/mol. The van der Waals surface area contributed by atoms with Crippen LogP contribution in [0.1, 0.15) is 39.5 Å². The molecule has 1 aliphatic carbocycles. The van der Waals surface area contributed by atoms with E-state index in [1.54, 1.807) is 0 Å². The number of rotatable bonds is 4. The summed E-state index contributed by atoms with van der Waals surface area (Å²) >= 11 is 0. The Morgan fingerprint density at radius 2 is 2.20 bits per heavy atom. The molecule has 15 heavy (non-hydrogen) atoms. The molecule has 2 rings (SSSR count). The third-order valence-electron chi connectivity index (χ3n) is 3.68. The number of hydrogen-bond donors (Lipinski definition) is 0. The fourth-order valence-corrected chi connectivity index (χ4v) is 2.62. The van der Waals surface area contributed by atoms with Crippen LogP contribution in [0.15, 0.2) is 0 Å². The molecule has 86 valence electrons. The summed E-state index contributed by atoms with van der Waals surface area (Å²) in [6.07, 6.45) is 4.80. The van der Waals surface area contributed by atoms with Crippen LogP contribution in [0.3, 0.4) is 0 Å². The van der Waals surface area contributed by atoms with E-state index in [9.17, 15) is 4.79 Å². The Hall–Kier alpha value is -0.570. The molecule has 2 atom stereocenters. The number of hydrogen-bond acceptors (Lipinski definition) is 3. The number of ether oxygens (including phenoxy) is 1. The van der Waals surface area contributed by atoms with Crippen molar-refractivity contribution >= 4 is 5.97 Å². The van der Waals surface area contributed by atoms with Crippen molar-refractivity contribution < 1.29 is 9.53 Å². The molecule has 1 saturated carbocycles.